The van der Waals surface area contributed by atoms with Gasteiger partial charge < -0.3 is 19.5 Å². The van der Waals surface area contributed by atoms with E-state index in [0.717, 1.165) is 54.3 Å². The first-order valence-electron chi connectivity index (χ1n) is 9.29. The fourth-order valence-corrected chi connectivity index (χ4v) is 3.64. The third kappa shape index (κ3) is 3.60. The van der Waals surface area contributed by atoms with E-state index in [0.29, 0.717) is 12.1 Å². The fraction of sp³-hybridized carbons (Fsp3) is 0.333. The number of methoxy groups -OCH3 is 1. The van der Waals surface area contributed by atoms with E-state index in [-0.39, 0.29) is 5.91 Å². The van der Waals surface area contributed by atoms with E-state index in [1.165, 1.54) is 0 Å². The molecular formula is C21H24N4O2. The van der Waals surface area contributed by atoms with Gasteiger partial charge in [-0.1, -0.05) is 6.07 Å². The summed E-state index contributed by atoms with van der Waals surface area (Å²) in [4.78, 5) is 24.9. The standard InChI is InChI=1S/C21H24N4O2/c1-15-22-19-8-7-16(13-20(19)23-15)21(26)25-10-4-9-24(11-12-25)17-5-3-6-18(14-17)27-2/h3,5-8,13-14H,4,9-12H2,1-2H3,(H,22,23). The molecule has 0 bridgehead atoms. The average Bonchev–Trinajstić information content (AvgIpc) is 2.90. The minimum atomic E-state index is 0.0802. The van der Waals surface area contributed by atoms with Gasteiger partial charge in [-0.3, -0.25) is 4.79 Å². The van der Waals surface area contributed by atoms with Crippen molar-refractivity contribution in [2.24, 2.45) is 0 Å². The molecule has 0 atom stereocenters. The van der Waals surface area contributed by atoms with Gasteiger partial charge in [0.2, 0.25) is 0 Å². The summed E-state index contributed by atoms with van der Waals surface area (Å²) in [5, 5.41) is 0. The van der Waals surface area contributed by atoms with Crippen LogP contribution in [0.3, 0.4) is 0 Å². The predicted molar refractivity (Wildman–Crippen MR) is 107 cm³/mol. The minimum Gasteiger partial charge on any atom is -0.497 e. The summed E-state index contributed by atoms with van der Waals surface area (Å²) in [5.41, 5.74) is 3.65. The molecule has 0 aliphatic carbocycles. The van der Waals surface area contributed by atoms with Crippen LogP contribution >= 0.6 is 0 Å². The maximum absolute atomic E-state index is 13.0. The highest BCUT2D eigenvalue weighted by atomic mass is 16.5. The van der Waals surface area contributed by atoms with E-state index < -0.39 is 0 Å². The zero-order chi connectivity index (χ0) is 18.8. The molecule has 1 aliphatic heterocycles. The highest BCUT2D eigenvalue weighted by molar-refractivity contribution is 5.97. The van der Waals surface area contributed by atoms with E-state index in [4.69, 9.17) is 4.74 Å². The molecule has 4 rings (SSSR count). The highest BCUT2D eigenvalue weighted by Gasteiger charge is 2.21. The number of aromatic amines is 1. The number of nitrogens with one attached hydrogen (secondary N) is 1. The molecule has 140 valence electrons. The summed E-state index contributed by atoms with van der Waals surface area (Å²) < 4.78 is 5.33. The van der Waals surface area contributed by atoms with E-state index in [9.17, 15) is 4.79 Å². The van der Waals surface area contributed by atoms with Crippen molar-refractivity contribution in [1.82, 2.24) is 14.9 Å². The van der Waals surface area contributed by atoms with Crippen molar-refractivity contribution in [3.63, 3.8) is 0 Å². The van der Waals surface area contributed by atoms with Crippen LogP contribution in [0.2, 0.25) is 0 Å². The van der Waals surface area contributed by atoms with Crippen LogP contribution in [0.5, 0.6) is 5.75 Å². The van der Waals surface area contributed by atoms with Gasteiger partial charge in [-0.05, 0) is 43.7 Å². The van der Waals surface area contributed by atoms with Crippen molar-refractivity contribution in [2.45, 2.75) is 13.3 Å². The maximum Gasteiger partial charge on any atom is 0.253 e. The lowest BCUT2D eigenvalue weighted by Crippen LogP contribution is -2.35. The third-order valence-corrected chi connectivity index (χ3v) is 5.05. The number of nitrogens with zero attached hydrogens (tertiary/aromatic N) is 3. The number of anilines is 1. The number of hydrogen-bond acceptors (Lipinski definition) is 4. The fourth-order valence-electron chi connectivity index (χ4n) is 3.64. The summed E-state index contributed by atoms with van der Waals surface area (Å²) in [7, 11) is 1.68. The number of rotatable bonds is 3. The molecule has 1 aromatic heterocycles. The number of carbonyl (C=O) groups excluding carboxylic acids is 1. The first kappa shape index (κ1) is 17.4. The predicted octanol–water partition coefficient (Wildman–Crippen LogP) is 3.23. The van der Waals surface area contributed by atoms with Gasteiger partial charge >= 0.3 is 0 Å². The molecule has 0 radical (unpaired) electrons. The highest BCUT2D eigenvalue weighted by Crippen LogP contribution is 2.23. The Labute approximate surface area is 158 Å². The second-order valence-electron chi connectivity index (χ2n) is 6.89. The molecule has 6 nitrogen and oxygen atoms in total. The second kappa shape index (κ2) is 7.31. The lowest BCUT2D eigenvalue weighted by Gasteiger charge is -2.24. The lowest BCUT2D eigenvalue weighted by atomic mass is 10.1. The first-order chi connectivity index (χ1) is 13.1. The van der Waals surface area contributed by atoms with E-state index in [1.54, 1.807) is 7.11 Å². The van der Waals surface area contributed by atoms with Crippen LogP contribution < -0.4 is 9.64 Å². The van der Waals surface area contributed by atoms with E-state index in [2.05, 4.69) is 20.9 Å². The molecular weight excluding hydrogens is 340 g/mol. The van der Waals surface area contributed by atoms with Gasteiger partial charge in [0.05, 0.1) is 18.1 Å². The molecule has 3 aromatic rings. The van der Waals surface area contributed by atoms with Gasteiger partial charge in [0.15, 0.2) is 0 Å². The Balaban J connectivity index is 1.48. The Kier molecular flexibility index (Phi) is 4.71. The molecule has 2 heterocycles. The van der Waals surface area contributed by atoms with Crippen molar-refractivity contribution >= 4 is 22.6 Å². The van der Waals surface area contributed by atoms with Crippen LogP contribution in [0.1, 0.15) is 22.6 Å². The number of carbonyl (C=O) groups is 1. The SMILES string of the molecule is COc1cccc(N2CCCN(C(=O)c3ccc4nc(C)[nH]c4c3)CC2)c1. The summed E-state index contributed by atoms with van der Waals surface area (Å²) in [5.74, 6) is 1.79. The molecule has 2 aromatic carbocycles. The Hall–Kier alpha value is -3.02. The quantitative estimate of drug-likeness (QED) is 0.775. The van der Waals surface area contributed by atoms with Crippen molar-refractivity contribution in [3.8, 4) is 5.75 Å². The average molecular weight is 364 g/mol. The summed E-state index contributed by atoms with van der Waals surface area (Å²) in [6, 6.07) is 13.8. The molecule has 0 unspecified atom stereocenters. The number of amides is 1. The molecule has 1 N–H and O–H groups in total. The van der Waals surface area contributed by atoms with Gasteiger partial charge in [0.25, 0.3) is 5.91 Å². The van der Waals surface area contributed by atoms with Crippen LogP contribution in [0.4, 0.5) is 5.69 Å². The Morgan fingerprint density at radius 3 is 2.85 bits per heavy atom. The number of benzene rings is 2. The molecule has 1 saturated heterocycles. The Morgan fingerprint density at radius 2 is 2.00 bits per heavy atom. The summed E-state index contributed by atoms with van der Waals surface area (Å²) >= 11 is 0. The van der Waals surface area contributed by atoms with Crippen molar-refractivity contribution in [3.05, 3.63) is 53.9 Å². The number of hydrogen-bond donors (Lipinski definition) is 1. The van der Waals surface area contributed by atoms with Gasteiger partial charge in [0.1, 0.15) is 11.6 Å². The number of H-pyrrole nitrogens is 1. The number of aryl methyl sites for hydroxylation is 1. The van der Waals surface area contributed by atoms with Crippen LogP contribution in [-0.2, 0) is 0 Å². The molecule has 1 fully saturated rings. The summed E-state index contributed by atoms with van der Waals surface area (Å²) in [6.07, 6.45) is 0.939. The van der Waals surface area contributed by atoms with Crippen LogP contribution in [0.25, 0.3) is 11.0 Å². The minimum absolute atomic E-state index is 0.0802. The summed E-state index contributed by atoms with van der Waals surface area (Å²) in [6.45, 7) is 5.12. The lowest BCUT2D eigenvalue weighted by molar-refractivity contribution is 0.0767. The van der Waals surface area contributed by atoms with Gasteiger partial charge in [0, 0.05) is 43.5 Å². The van der Waals surface area contributed by atoms with E-state index in [1.807, 2.05) is 48.2 Å². The van der Waals surface area contributed by atoms with Gasteiger partial charge in [-0.15, -0.1) is 0 Å². The first-order valence-corrected chi connectivity index (χ1v) is 9.29. The number of aromatic nitrogens is 2. The normalized spacial score (nSPS) is 15.0. The van der Waals surface area contributed by atoms with Gasteiger partial charge in [-0.25, -0.2) is 4.98 Å². The van der Waals surface area contributed by atoms with Gasteiger partial charge in [-0.2, -0.15) is 0 Å². The number of fused-ring (bicyclic) bond motifs is 1. The zero-order valence-electron chi connectivity index (χ0n) is 15.7. The molecule has 1 amide bonds. The number of ether oxygens (including phenoxy) is 1. The van der Waals surface area contributed by atoms with E-state index >= 15 is 0 Å². The van der Waals surface area contributed by atoms with Crippen molar-refractivity contribution in [1.29, 1.82) is 0 Å². The van der Waals surface area contributed by atoms with Crippen LogP contribution in [0, 0.1) is 6.92 Å². The molecule has 27 heavy (non-hydrogen) atoms. The maximum atomic E-state index is 13.0. The molecule has 0 spiro atoms. The third-order valence-electron chi connectivity index (χ3n) is 5.05. The van der Waals surface area contributed by atoms with Crippen LogP contribution in [-0.4, -0.2) is 54.1 Å². The smallest absolute Gasteiger partial charge is 0.253 e. The van der Waals surface area contributed by atoms with Crippen molar-refractivity contribution < 1.29 is 9.53 Å². The Bertz CT molecular complexity index is 966. The molecule has 1 aliphatic rings. The number of imidazole rings is 1. The largest absolute Gasteiger partial charge is 0.497 e. The monoisotopic (exact) mass is 364 g/mol. The molecule has 6 heteroatoms. The Morgan fingerprint density at radius 1 is 1.11 bits per heavy atom. The zero-order valence-corrected chi connectivity index (χ0v) is 15.7. The second-order valence-corrected chi connectivity index (χ2v) is 6.89. The van der Waals surface area contributed by atoms with Crippen molar-refractivity contribution in [2.75, 3.05) is 38.2 Å². The van der Waals surface area contributed by atoms with Crippen LogP contribution in [0.15, 0.2) is 42.5 Å². The molecule has 0 saturated carbocycles. The topological polar surface area (TPSA) is 61.5 Å².